The minimum absolute atomic E-state index is 0.0748. The third-order valence-corrected chi connectivity index (χ3v) is 2.72. The van der Waals surface area contributed by atoms with E-state index >= 15 is 0 Å². The highest BCUT2D eigenvalue weighted by molar-refractivity contribution is 6.33. The molecule has 0 aliphatic heterocycles. The van der Waals surface area contributed by atoms with Crippen molar-refractivity contribution < 1.29 is 5.11 Å². The average molecular weight is 248 g/mol. The van der Waals surface area contributed by atoms with E-state index in [2.05, 4.69) is 5.32 Å². The first-order valence-electron chi connectivity index (χ1n) is 4.87. The smallest absolute Gasteiger partial charge is 0.0636 e. The van der Waals surface area contributed by atoms with Crippen LogP contribution in [0.5, 0.6) is 0 Å². The van der Waals surface area contributed by atoms with E-state index in [9.17, 15) is 0 Å². The number of hydrogen-bond donors (Lipinski definition) is 2. The van der Waals surface area contributed by atoms with Crippen LogP contribution in [-0.4, -0.2) is 17.8 Å². The van der Waals surface area contributed by atoms with Crippen LogP contribution in [0.1, 0.15) is 25.5 Å². The normalized spacial score (nSPS) is 15.0. The quantitative estimate of drug-likeness (QED) is 0.858. The maximum absolute atomic E-state index is 9.15. The van der Waals surface area contributed by atoms with E-state index < -0.39 is 0 Å². The highest BCUT2D eigenvalue weighted by Crippen LogP contribution is 2.25. The van der Waals surface area contributed by atoms with Gasteiger partial charge in [-0.2, -0.15) is 0 Å². The second-order valence-electron chi connectivity index (χ2n) is 3.64. The second-order valence-corrected chi connectivity index (χ2v) is 4.49. The Balaban J connectivity index is 2.72. The molecule has 84 valence electrons. The number of halogens is 2. The van der Waals surface area contributed by atoms with Gasteiger partial charge in [-0.15, -0.1) is 0 Å². The molecule has 0 amide bonds. The molecule has 0 aliphatic rings. The summed E-state index contributed by atoms with van der Waals surface area (Å²) in [5, 5.41) is 13.7. The highest BCUT2D eigenvalue weighted by atomic mass is 35.5. The number of aliphatic hydroxyl groups is 1. The molecule has 2 atom stereocenters. The fourth-order valence-electron chi connectivity index (χ4n) is 1.30. The van der Waals surface area contributed by atoms with E-state index in [1.807, 2.05) is 13.0 Å². The lowest BCUT2D eigenvalue weighted by Crippen LogP contribution is -2.27. The van der Waals surface area contributed by atoms with Gasteiger partial charge in [0.25, 0.3) is 0 Å². The molecule has 2 nitrogen and oxygen atoms in total. The van der Waals surface area contributed by atoms with E-state index in [-0.39, 0.29) is 12.1 Å². The Labute approximate surface area is 100 Å². The molecule has 0 aliphatic carbocycles. The van der Waals surface area contributed by atoms with Gasteiger partial charge in [0.15, 0.2) is 0 Å². The molecule has 4 heteroatoms. The Kier molecular flexibility index (Phi) is 4.87. The van der Waals surface area contributed by atoms with Crippen molar-refractivity contribution in [3.05, 3.63) is 33.8 Å². The summed E-state index contributed by atoms with van der Waals surface area (Å²) in [5.74, 6) is 0. The first-order valence-corrected chi connectivity index (χ1v) is 5.62. The summed E-state index contributed by atoms with van der Waals surface area (Å²) < 4.78 is 0. The molecule has 0 bridgehead atoms. The maximum Gasteiger partial charge on any atom is 0.0636 e. The molecular formula is C11H15Cl2NO. The van der Waals surface area contributed by atoms with Crippen LogP contribution in [0.25, 0.3) is 0 Å². The molecule has 0 radical (unpaired) electrons. The number of benzene rings is 1. The molecule has 0 saturated carbocycles. The summed E-state index contributed by atoms with van der Waals surface area (Å²) in [4.78, 5) is 0. The van der Waals surface area contributed by atoms with Crippen LogP contribution in [-0.2, 0) is 0 Å². The summed E-state index contributed by atoms with van der Waals surface area (Å²) in [7, 11) is 0. The molecular weight excluding hydrogens is 233 g/mol. The van der Waals surface area contributed by atoms with E-state index in [0.717, 1.165) is 5.56 Å². The van der Waals surface area contributed by atoms with Crippen LogP contribution in [0, 0.1) is 0 Å². The van der Waals surface area contributed by atoms with Crippen LogP contribution in [0.3, 0.4) is 0 Å². The zero-order valence-electron chi connectivity index (χ0n) is 8.80. The van der Waals surface area contributed by atoms with Gasteiger partial charge in [0.05, 0.1) is 6.10 Å². The molecule has 1 aromatic rings. The van der Waals surface area contributed by atoms with Crippen LogP contribution in [0.2, 0.25) is 10.0 Å². The van der Waals surface area contributed by atoms with Crippen molar-refractivity contribution >= 4 is 23.2 Å². The molecule has 0 fully saturated rings. The van der Waals surface area contributed by atoms with E-state index in [4.69, 9.17) is 28.3 Å². The van der Waals surface area contributed by atoms with Gasteiger partial charge in [-0.05, 0) is 37.6 Å². The topological polar surface area (TPSA) is 32.3 Å². The minimum Gasteiger partial charge on any atom is -0.392 e. The number of hydrogen-bond acceptors (Lipinski definition) is 2. The Bertz CT molecular complexity index is 328. The van der Waals surface area contributed by atoms with Gasteiger partial charge in [0.1, 0.15) is 0 Å². The van der Waals surface area contributed by atoms with Crippen molar-refractivity contribution in [1.82, 2.24) is 5.32 Å². The molecule has 0 unspecified atom stereocenters. The van der Waals surface area contributed by atoms with Crippen molar-refractivity contribution in [1.29, 1.82) is 0 Å². The third kappa shape index (κ3) is 3.99. The third-order valence-electron chi connectivity index (χ3n) is 2.14. The van der Waals surface area contributed by atoms with Gasteiger partial charge >= 0.3 is 0 Å². The molecule has 2 N–H and O–H groups in total. The first kappa shape index (κ1) is 12.8. The van der Waals surface area contributed by atoms with E-state index in [0.29, 0.717) is 16.6 Å². The van der Waals surface area contributed by atoms with Gasteiger partial charge in [-0.1, -0.05) is 23.2 Å². The summed E-state index contributed by atoms with van der Waals surface area (Å²) in [6.07, 6.45) is -0.370. The molecule has 0 heterocycles. The number of rotatable bonds is 4. The summed E-state index contributed by atoms with van der Waals surface area (Å²) in [5.41, 5.74) is 0.949. The zero-order valence-corrected chi connectivity index (χ0v) is 10.3. The lowest BCUT2D eigenvalue weighted by atomic mass is 10.1. The molecule has 15 heavy (non-hydrogen) atoms. The van der Waals surface area contributed by atoms with Gasteiger partial charge < -0.3 is 10.4 Å². The lowest BCUT2D eigenvalue weighted by Gasteiger charge is -2.17. The maximum atomic E-state index is 9.15. The van der Waals surface area contributed by atoms with Gasteiger partial charge in [0, 0.05) is 22.6 Å². The number of aliphatic hydroxyl groups excluding tert-OH is 1. The van der Waals surface area contributed by atoms with Crippen molar-refractivity contribution in [2.75, 3.05) is 6.54 Å². The first-order chi connectivity index (χ1) is 7.00. The Morgan fingerprint density at radius 3 is 2.60 bits per heavy atom. The highest BCUT2D eigenvalue weighted by Gasteiger charge is 2.10. The van der Waals surface area contributed by atoms with Gasteiger partial charge in [-0.25, -0.2) is 0 Å². The van der Waals surface area contributed by atoms with Crippen molar-refractivity contribution in [2.45, 2.75) is 26.0 Å². The van der Waals surface area contributed by atoms with Crippen molar-refractivity contribution in [2.24, 2.45) is 0 Å². The Morgan fingerprint density at radius 1 is 1.33 bits per heavy atom. The lowest BCUT2D eigenvalue weighted by molar-refractivity contribution is 0.187. The standard InChI is InChI=1S/C11H15Cl2NO/c1-7(15)6-14-8(2)10-5-9(12)3-4-11(10)13/h3-5,7-8,14-15H,6H2,1-2H3/t7-,8-/m1/s1. The average Bonchev–Trinajstić information content (AvgIpc) is 2.18. The Morgan fingerprint density at radius 2 is 2.00 bits per heavy atom. The van der Waals surface area contributed by atoms with Crippen LogP contribution in [0.15, 0.2) is 18.2 Å². The zero-order chi connectivity index (χ0) is 11.4. The summed E-state index contributed by atoms with van der Waals surface area (Å²) in [6, 6.07) is 5.45. The van der Waals surface area contributed by atoms with Crippen LogP contribution < -0.4 is 5.32 Å². The fourth-order valence-corrected chi connectivity index (χ4v) is 1.77. The van der Waals surface area contributed by atoms with Crippen molar-refractivity contribution in [3.63, 3.8) is 0 Å². The largest absolute Gasteiger partial charge is 0.392 e. The minimum atomic E-state index is -0.370. The summed E-state index contributed by atoms with van der Waals surface area (Å²) in [6.45, 7) is 4.25. The van der Waals surface area contributed by atoms with Crippen LogP contribution >= 0.6 is 23.2 Å². The predicted molar refractivity (Wildman–Crippen MR) is 64.6 cm³/mol. The van der Waals surface area contributed by atoms with Crippen molar-refractivity contribution in [3.8, 4) is 0 Å². The number of nitrogens with one attached hydrogen (secondary N) is 1. The second kappa shape index (κ2) is 5.71. The fraction of sp³-hybridized carbons (Fsp3) is 0.455. The molecule has 0 spiro atoms. The van der Waals surface area contributed by atoms with Gasteiger partial charge in [-0.3, -0.25) is 0 Å². The van der Waals surface area contributed by atoms with Gasteiger partial charge in [0.2, 0.25) is 0 Å². The Hall–Kier alpha value is -0.280. The molecule has 0 aromatic heterocycles. The predicted octanol–water partition coefficient (Wildman–Crippen LogP) is 3.02. The molecule has 0 saturated heterocycles. The summed E-state index contributed by atoms with van der Waals surface area (Å²) >= 11 is 11.9. The molecule has 1 rings (SSSR count). The van der Waals surface area contributed by atoms with E-state index in [1.54, 1.807) is 19.1 Å². The SMILES string of the molecule is C[C@@H](O)CN[C@H](C)c1cc(Cl)ccc1Cl. The molecule has 1 aromatic carbocycles. The monoisotopic (exact) mass is 247 g/mol. The van der Waals surface area contributed by atoms with Crippen LogP contribution in [0.4, 0.5) is 0 Å². The van der Waals surface area contributed by atoms with E-state index in [1.165, 1.54) is 0 Å².